The van der Waals surface area contributed by atoms with Crippen LogP contribution in [0.3, 0.4) is 0 Å². The predicted molar refractivity (Wildman–Crippen MR) is 59.2 cm³/mol. The van der Waals surface area contributed by atoms with Gasteiger partial charge in [0, 0.05) is 23.8 Å². The first kappa shape index (κ1) is 12.7. The van der Waals surface area contributed by atoms with Gasteiger partial charge in [-0.25, -0.2) is 0 Å². The Bertz CT molecular complexity index is 422. The van der Waals surface area contributed by atoms with Crippen LogP contribution < -0.4 is 0 Å². The Kier molecular flexibility index (Phi) is 4.51. The van der Waals surface area contributed by atoms with E-state index in [1.54, 1.807) is 0 Å². The lowest BCUT2D eigenvalue weighted by Gasteiger charge is -2.01. The van der Waals surface area contributed by atoms with Gasteiger partial charge in [0.25, 0.3) is 5.69 Å². The number of hydrogen-bond acceptors (Lipinski definition) is 5. The first-order chi connectivity index (χ1) is 7.54. The molecule has 1 rings (SSSR count). The Morgan fingerprint density at radius 1 is 1.69 bits per heavy atom. The van der Waals surface area contributed by atoms with E-state index in [1.807, 2.05) is 0 Å². The highest BCUT2D eigenvalue weighted by molar-refractivity contribution is 9.10. The second-order valence-corrected chi connectivity index (χ2v) is 3.94. The topological polar surface area (TPSA) is 82.3 Å². The Balaban J connectivity index is 2.95. The molecule has 1 aromatic rings. The van der Waals surface area contributed by atoms with Crippen LogP contribution >= 0.6 is 15.9 Å². The van der Waals surface area contributed by atoms with E-state index in [2.05, 4.69) is 25.7 Å². The lowest BCUT2D eigenvalue weighted by molar-refractivity contribution is -0.385. The third-order valence-electron chi connectivity index (χ3n) is 1.78. The van der Waals surface area contributed by atoms with Crippen LogP contribution in [0.15, 0.2) is 16.7 Å². The van der Waals surface area contributed by atoms with Gasteiger partial charge in [-0.1, -0.05) is 0 Å². The van der Waals surface area contributed by atoms with Gasteiger partial charge in [0.05, 0.1) is 11.3 Å². The predicted octanol–water partition coefficient (Wildman–Crippen LogP) is 1.51. The Morgan fingerprint density at radius 3 is 2.94 bits per heavy atom. The van der Waals surface area contributed by atoms with E-state index in [0.29, 0.717) is 4.47 Å². The summed E-state index contributed by atoms with van der Waals surface area (Å²) < 4.78 is 5.15. The molecule has 0 aliphatic carbocycles. The lowest BCUT2D eigenvalue weighted by atomic mass is 10.2. The van der Waals surface area contributed by atoms with E-state index >= 15 is 0 Å². The molecule has 1 heterocycles. The maximum Gasteiger partial charge on any atom is 0.292 e. The molecule has 0 unspecified atom stereocenters. The molecule has 1 aromatic heterocycles. The van der Waals surface area contributed by atoms with Crippen molar-refractivity contribution in [1.82, 2.24) is 4.98 Å². The van der Waals surface area contributed by atoms with Crippen LogP contribution in [-0.2, 0) is 16.0 Å². The number of ether oxygens (including phenoxy) is 1. The molecule has 0 fully saturated rings. The lowest BCUT2D eigenvalue weighted by Crippen LogP contribution is -2.12. The summed E-state index contributed by atoms with van der Waals surface area (Å²) in [6, 6.07) is 1.32. The number of halogens is 1. The number of hydrogen-bond donors (Lipinski definition) is 0. The van der Waals surface area contributed by atoms with Gasteiger partial charge >= 0.3 is 0 Å². The Morgan fingerprint density at radius 2 is 2.38 bits per heavy atom. The molecule has 0 radical (unpaired) electrons. The number of methoxy groups -OCH3 is 1. The van der Waals surface area contributed by atoms with Crippen molar-refractivity contribution < 1.29 is 14.5 Å². The number of nitro groups is 1. The van der Waals surface area contributed by atoms with Gasteiger partial charge in [-0.3, -0.25) is 19.9 Å². The van der Waals surface area contributed by atoms with Crippen molar-refractivity contribution in [2.75, 3.05) is 13.7 Å². The number of ketones is 1. The summed E-state index contributed by atoms with van der Waals surface area (Å²) in [5.74, 6) is -0.250. The van der Waals surface area contributed by atoms with Crippen molar-refractivity contribution in [2.24, 2.45) is 0 Å². The normalized spacial score (nSPS) is 10.1. The Labute approximate surface area is 99.9 Å². The molecule has 0 amide bonds. The Hall–Kier alpha value is -1.34. The van der Waals surface area contributed by atoms with E-state index in [-0.39, 0.29) is 30.2 Å². The van der Waals surface area contributed by atoms with E-state index < -0.39 is 4.92 Å². The van der Waals surface area contributed by atoms with Crippen molar-refractivity contribution in [3.63, 3.8) is 0 Å². The minimum absolute atomic E-state index is 0.0745. The molecule has 0 atom stereocenters. The molecule has 0 saturated carbocycles. The van der Waals surface area contributed by atoms with Crippen molar-refractivity contribution in [2.45, 2.75) is 6.42 Å². The number of carbonyl (C=O) groups excluding carboxylic acids is 1. The SMILES string of the molecule is COCC(=O)Cc1ncc(Br)cc1[N+](=O)[O-]. The summed E-state index contributed by atoms with van der Waals surface area (Å²) in [5.41, 5.74) is -0.0194. The highest BCUT2D eigenvalue weighted by Gasteiger charge is 2.18. The molecule has 0 aliphatic heterocycles. The molecule has 7 heteroatoms. The number of Topliss-reactive ketones (excluding diaryl/α,β-unsaturated/α-hetero) is 1. The van der Waals surface area contributed by atoms with Crippen LogP contribution in [0.1, 0.15) is 5.69 Å². The average Bonchev–Trinajstić information content (AvgIpc) is 2.20. The molecule has 0 aliphatic rings. The molecular weight excluding hydrogens is 280 g/mol. The van der Waals surface area contributed by atoms with Gasteiger partial charge in [-0.2, -0.15) is 0 Å². The van der Waals surface area contributed by atoms with Crippen molar-refractivity contribution >= 4 is 27.4 Å². The maximum absolute atomic E-state index is 11.3. The fourth-order valence-corrected chi connectivity index (χ4v) is 1.47. The van der Waals surface area contributed by atoms with Crippen LogP contribution in [0, 0.1) is 10.1 Å². The van der Waals surface area contributed by atoms with Crippen molar-refractivity contribution in [1.29, 1.82) is 0 Å². The third-order valence-corrected chi connectivity index (χ3v) is 2.21. The molecule has 16 heavy (non-hydrogen) atoms. The quantitative estimate of drug-likeness (QED) is 0.606. The first-order valence-corrected chi connectivity index (χ1v) is 5.13. The largest absolute Gasteiger partial charge is 0.377 e. The highest BCUT2D eigenvalue weighted by Crippen LogP contribution is 2.21. The van der Waals surface area contributed by atoms with Crippen LogP contribution in [0.5, 0.6) is 0 Å². The molecule has 86 valence electrons. The summed E-state index contributed by atoms with van der Waals surface area (Å²) in [6.07, 6.45) is 1.32. The van der Waals surface area contributed by atoms with Gasteiger partial charge in [-0.05, 0) is 15.9 Å². The molecule has 0 saturated heterocycles. The fourth-order valence-electron chi connectivity index (χ4n) is 1.15. The van der Waals surface area contributed by atoms with Gasteiger partial charge in [0.15, 0.2) is 5.78 Å². The smallest absolute Gasteiger partial charge is 0.292 e. The minimum atomic E-state index is -0.562. The second-order valence-electron chi connectivity index (χ2n) is 3.02. The highest BCUT2D eigenvalue weighted by atomic mass is 79.9. The molecular formula is C9H9BrN2O4. The van der Waals surface area contributed by atoms with Gasteiger partial charge < -0.3 is 4.74 Å². The zero-order chi connectivity index (χ0) is 12.1. The molecule has 0 spiro atoms. The number of pyridine rings is 1. The maximum atomic E-state index is 11.3. The summed E-state index contributed by atoms with van der Waals surface area (Å²) in [7, 11) is 1.39. The average molecular weight is 289 g/mol. The van der Waals surface area contributed by atoms with Crippen molar-refractivity contribution in [3.8, 4) is 0 Å². The third kappa shape index (κ3) is 3.35. The summed E-state index contributed by atoms with van der Waals surface area (Å²) >= 11 is 3.09. The molecule has 6 nitrogen and oxygen atoms in total. The summed E-state index contributed by atoms with van der Waals surface area (Å²) in [4.78, 5) is 25.3. The van der Waals surface area contributed by atoms with Gasteiger partial charge in [0.1, 0.15) is 12.3 Å². The van der Waals surface area contributed by atoms with Crippen LogP contribution in [-0.4, -0.2) is 29.4 Å². The van der Waals surface area contributed by atoms with E-state index in [4.69, 9.17) is 0 Å². The molecule has 0 aromatic carbocycles. The number of nitrogens with zero attached hydrogens (tertiary/aromatic N) is 2. The van der Waals surface area contributed by atoms with E-state index in [1.165, 1.54) is 19.4 Å². The number of aromatic nitrogens is 1. The van der Waals surface area contributed by atoms with Crippen molar-refractivity contribution in [3.05, 3.63) is 32.5 Å². The van der Waals surface area contributed by atoms with Gasteiger partial charge in [-0.15, -0.1) is 0 Å². The minimum Gasteiger partial charge on any atom is -0.377 e. The number of carbonyl (C=O) groups is 1. The monoisotopic (exact) mass is 288 g/mol. The van der Waals surface area contributed by atoms with Crippen LogP contribution in [0.4, 0.5) is 5.69 Å². The van der Waals surface area contributed by atoms with E-state index in [0.717, 1.165) is 0 Å². The zero-order valence-electron chi connectivity index (χ0n) is 8.47. The zero-order valence-corrected chi connectivity index (χ0v) is 10.1. The summed E-state index contributed by atoms with van der Waals surface area (Å²) in [6.45, 7) is -0.0745. The first-order valence-electron chi connectivity index (χ1n) is 4.34. The van der Waals surface area contributed by atoms with Crippen LogP contribution in [0.2, 0.25) is 0 Å². The number of rotatable bonds is 5. The second kappa shape index (κ2) is 5.66. The standard InChI is InChI=1S/C9H9BrN2O4/c1-16-5-7(13)3-8-9(12(14)15)2-6(10)4-11-8/h2,4H,3,5H2,1H3. The van der Waals surface area contributed by atoms with Crippen LogP contribution in [0.25, 0.3) is 0 Å². The molecule has 0 bridgehead atoms. The molecule has 0 N–H and O–H groups in total. The fraction of sp³-hybridized carbons (Fsp3) is 0.333. The summed E-state index contributed by atoms with van der Waals surface area (Å²) in [5, 5.41) is 10.7. The van der Waals surface area contributed by atoms with E-state index in [9.17, 15) is 14.9 Å². The van der Waals surface area contributed by atoms with Gasteiger partial charge in [0.2, 0.25) is 0 Å².